The van der Waals surface area contributed by atoms with Crippen molar-refractivity contribution >= 4 is 33.2 Å². The average Bonchev–Trinajstić information content (AvgIpc) is 2.52. The van der Waals surface area contributed by atoms with Crippen LogP contribution in [-0.4, -0.2) is 22.5 Å². The molecule has 1 atom stereocenters. The first kappa shape index (κ1) is 11.7. The molecule has 1 heterocycles. The maximum atomic E-state index is 5.59. The number of nitrogens with one attached hydrogen (secondary N) is 1. The highest BCUT2D eigenvalue weighted by Gasteiger charge is 2.04. The smallest absolute Gasteiger partial charge is 0.184 e. The van der Waals surface area contributed by atoms with Crippen LogP contribution in [0.25, 0.3) is 0 Å². The van der Waals surface area contributed by atoms with Gasteiger partial charge in [0, 0.05) is 6.04 Å². The van der Waals surface area contributed by atoms with Gasteiger partial charge in [0.25, 0.3) is 0 Å². The minimum absolute atomic E-state index is 0.472. The van der Waals surface area contributed by atoms with Gasteiger partial charge in [-0.25, -0.2) is 4.98 Å². The highest BCUT2D eigenvalue weighted by molar-refractivity contribution is 7.99. The molecular formula is C9H17N3S2. The molecule has 1 aromatic rings. The molecule has 0 fully saturated rings. The van der Waals surface area contributed by atoms with Gasteiger partial charge in [0.1, 0.15) is 5.00 Å². The summed E-state index contributed by atoms with van der Waals surface area (Å²) in [5.74, 6) is 2.39. The molecule has 0 aliphatic carbocycles. The van der Waals surface area contributed by atoms with Crippen molar-refractivity contribution in [1.29, 1.82) is 0 Å². The molecule has 0 saturated carbocycles. The number of thioether (sulfide) groups is 1. The Morgan fingerprint density at radius 1 is 1.71 bits per heavy atom. The zero-order valence-corrected chi connectivity index (χ0v) is 10.3. The standard InChI is InChI=1S/C9H17N3S2/c1-3-13-5-4-7(2)12-9-11-6-8(10)14-9/h6-7H,3-5,10H2,1-2H3,(H,11,12). The molecular weight excluding hydrogens is 214 g/mol. The van der Waals surface area contributed by atoms with Crippen molar-refractivity contribution in [3.8, 4) is 0 Å². The number of hydrogen-bond acceptors (Lipinski definition) is 5. The van der Waals surface area contributed by atoms with E-state index < -0.39 is 0 Å². The molecule has 0 aliphatic heterocycles. The molecule has 0 radical (unpaired) electrons. The number of rotatable bonds is 6. The van der Waals surface area contributed by atoms with Crippen molar-refractivity contribution < 1.29 is 0 Å². The Labute approximate surface area is 93.5 Å². The lowest BCUT2D eigenvalue weighted by atomic mass is 10.3. The van der Waals surface area contributed by atoms with Crippen molar-refractivity contribution in [1.82, 2.24) is 4.98 Å². The number of thiazole rings is 1. The summed E-state index contributed by atoms with van der Waals surface area (Å²) < 4.78 is 0. The van der Waals surface area contributed by atoms with Crippen LogP contribution in [-0.2, 0) is 0 Å². The molecule has 1 rings (SSSR count). The topological polar surface area (TPSA) is 50.9 Å². The summed E-state index contributed by atoms with van der Waals surface area (Å²) in [5, 5.41) is 5.03. The quantitative estimate of drug-likeness (QED) is 0.739. The largest absolute Gasteiger partial charge is 0.389 e. The van der Waals surface area contributed by atoms with Gasteiger partial charge in [-0.15, -0.1) is 0 Å². The molecule has 0 aliphatic rings. The van der Waals surface area contributed by atoms with Gasteiger partial charge in [-0.3, -0.25) is 0 Å². The van der Waals surface area contributed by atoms with E-state index in [1.165, 1.54) is 22.8 Å². The minimum Gasteiger partial charge on any atom is -0.389 e. The Bertz CT molecular complexity index is 262. The molecule has 5 heteroatoms. The number of nitrogen functional groups attached to an aromatic ring is 1. The van der Waals surface area contributed by atoms with Crippen LogP contribution in [0.15, 0.2) is 6.20 Å². The van der Waals surface area contributed by atoms with Crippen LogP contribution in [0.2, 0.25) is 0 Å². The summed E-state index contributed by atoms with van der Waals surface area (Å²) in [6.45, 7) is 4.36. The fourth-order valence-corrected chi connectivity index (χ4v) is 2.54. The van der Waals surface area contributed by atoms with E-state index in [1.807, 2.05) is 11.8 Å². The van der Waals surface area contributed by atoms with Gasteiger partial charge in [-0.05, 0) is 24.9 Å². The van der Waals surface area contributed by atoms with Gasteiger partial charge in [-0.1, -0.05) is 18.3 Å². The summed E-state index contributed by atoms with van der Waals surface area (Å²) in [7, 11) is 0. The first-order valence-electron chi connectivity index (χ1n) is 4.78. The van der Waals surface area contributed by atoms with Gasteiger partial charge in [0.2, 0.25) is 0 Å². The lowest BCUT2D eigenvalue weighted by molar-refractivity contribution is 0.770. The Hall–Kier alpha value is -0.420. The summed E-state index contributed by atoms with van der Waals surface area (Å²) in [5.41, 5.74) is 5.59. The molecule has 0 amide bonds. The fourth-order valence-electron chi connectivity index (χ4n) is 1.04. The minimum atomic E-state index is 0.472. The molecule has 3 N–H and O–H groups in total. The van der Waals surface area contributed by atoms with Crippen LogP contribution >= 0.6 is 23.1 Å². The monoisotopic (exact) mass is 231 g/mol. The summed E-state index contributed by atoms with van der Waals surface area (Å²) in [6.07, 6.45) is 2.86. The Balaban J connectivity index is 2.23. The Morgan fingerprint density at radius 3 is 3.07 bits per heavy atom. The third-order valence-electron chi connectivity index (χ3n) is 1.79. The van der Waals surface area contributed by atoms with Gasteiger partial charge in [0.05, 0.1) is 6.20 Å². The highest BCUT2D eigenvalue weighted by atomic mass is 32.2. The third kappa shape index (κ3) is 4.19. The van der Waals surface area contributed by atoms with E-state index in [4.69, 9.17) is 5.73 Å². The van der Waals surface area contributed by atoms with Gasteiger partial charge >= 0.3 is 0 Å². The number of aromatic nitrogens is 1. The van der Waals surface area contributed by atoms with Gasteiger partial charge in [-0.2, -0.15) is 11.8 Å². The average molecular weight is 231 g/mol. The molecule has 0 spiro atoms. The SMILES string of the molecule is CCSCCC(C)Nc1ncc(N)s1. The van der Waals surface area contributed by atoms with Crippen molar-refractivity contribution in [2.24, 2.45) is 0 Å². The lowest BCUT2D eigenvalue weighted by Crippen LogP contribution is -2.15. The van der Waals surface area contributed by atoms with E-state index >= 15 is 0 Å². The van der Waals surface area contributed by atoms with Crippen LogP contribution < -0.4 is 11.1 Å². The highest BCUT2D eigenvalue weighted by Crippen LogP contribution is 2.20. The van der Waals surface area contributed by atoms with Crippen LogP contribution in [0.4, 0.5) is 10.1 Å². The lowest BCUT2D eigenvalue weighted by Gasteiger charge is -2.11. The van der Waals surface area contributed by atoms with Crippen LogP contribution in [0.5, 0.6) is 0 Å². The van der Waals surface area contributed by atoms with E-state index in [0.29, 0.717) is 6.04 Å². The maximum absolute atomic E-state index is 5.59. The Morgan fingerprint density at radius 2 is 2.50 bits per heavy atom. The van der Waals surface area contributed by atoms with Crippen LogP contribution in [0, 0.1) is 0 Å². The first-order chi connectivity index (χ1) is 6.72. The van der Waals surface area contributed by atoms with Gasteiger partial charge in [0.15, 0.2) is 5.13 Å². The van der Waals surface area contributed by atoms with E-state index in [9.17, 15) is 0 Å². The molecule has 80 valence electrons. The first-order valence-corrected chi connectivity index (χ1v) is 6.75. The molecule has 0 saturated heterocycles. The molecule has 0 aromatic carbocycles. The predicted molar refractivity (Wildman–Crippen MR) is 67.2 cm³/mol. The number of anilines is 2. The van der Waals surface area contributed by atoms with E-state index in [-0.39, 0.29) is 0 Å². The molecule has 0 bridgehead atoms. The fraction of sp³-hybridized carbons (Fsp3) is 0.667. The summed E-state index contributed by atoms with van der Waals surface area (Å²) in [6, 6.07) is 0.472. The number of nitrogens with two attached hydrogens (primary N) is 1. The van der Waals surface area contributed by atoms with Crippen molar-refractivity contribution in [3.05, 3.63) is 6.20 Å². The molecule has 1 unspecified atom stereocenters. The van der Waals surface area contributed by atoms with Crippen molar-refractivity contribution in [2.45, 2.75) is 26.3 Å². The second kappa shape index (κ2) is 6.14. The van der Waals surface area contributed by atoms with Crippen LogP contribution in [0.3, 0.4) is 0 Å². The molecule has 3 nitrogen and oxygen atoms in total. The maximum Gasteiger partial charge on any atom is 0.184 e. The van der Waals surface area contributed by atoms with E-state index in [2.05, 4.69) is 24.1 Å². The third-order valence-corrected chi connectivity index (χ3v) is 3.48. The normalized spacial score (nSPS) is 12.7. The van der Waals surface area contributed by atoms with Gasteiger partial charge < -0.3 is 11.1 Å². The summed E-state index contributed by atoms with van der Waals surface area (Å²) in [4.78, 5) is 4.16. The van der Waals surface area contributed by atoms with Crippen molar-refractivity contribution in [2.75, 3.05) is 22.6 Å². The summed E-state index contributed by atoms with van der Waals surface area (Å²) >= 11 is 3.47. The number of nitrogens with zero attached hydrogens (tertiary/aromatic N) is 1. The van der Waals surface area contributed by atoms with Crippen LogP contribution in [0.1, 0.15) is 20.3 Å². The van der Waals surface area contributed by atoms with E-state index in [1.54, 1.807) is 6.20 Å². The second-order valence-corrected chi connectivity index (χ2v) is 5.55. The number of hydrogen-bond donors (Lipinski definition) is 2. The predicted octanol–water partition coefficient (Wildman–Crippen LogP) is 2.67. The Kier molecular flexibility index (Phi) is 5.11. The van der Waals surface area contributed by atoms with E-state index in [0.717, 1.165) is 16.6 Å². The molecule has 1 aromatic heterocycles. The zero-order chi connectivity index (χ0) is 10.4. The van der Waals surface area contributed by atoms with Crippen molar-refractivity contribution in [3.63, 3.8) is 0 Å². The second-order valence-electron chi connectivity index (χ2n) is 3.10. The zero-order valence-electron chi connectivity index (χ0n) is 8.62. The molecule has 14 heavy (non-hydrogen) atoms.